The molecule has 0 saturated carbocycles. The lowest BCUT2D eigenvalue weighted by Crippen LogP contribution is -2.26. The predicted molar refractivity (Wildman–Crippen MR) is 70.0 cm³/mol. The van der Waals surface area contributed by atoms with Crippen LogP contribution in [0, 0.1) is 0 Å². The van der Waals surface area contributed by atoms with Gasteiger partial charge in [-0.2, -0.15) is 0 Å². The van der Waals surface area contributed by atoms with Crippen LogP contribution in [0.15, 0.2) is 11.5 Å². The third-order valence-electron chi connectivity index (χ3n) is 3.30. The van der Waals surface area contributed by atoms with E-state index in [1.807, 2.05) is 5.38 Å². The lowest BCUT2D eigenvalue weighted by molar-refractivity contribution is 0.303. The smallest absolute Gasteiger partial charge is 0.134 e. The maximum atomic E-state index is 9.77. The molecule has 1 heterocycles. The first-order valence-electron chi connectivity index (χ1n) is 5.78. The molecule has 1 aliphatic carbocycles. The maximum Gasteiger partial charge on any atom is 0.134 e. The van der Waals surface area contributed by atoms with E-state index in [1.54, 1.807) is 11.3 Å². The standard InChI is InChI=1S/C13H19NOS/c1-9(2)14(3)7-6-10-4-5-12-13(10)11(15)8-16-12/h6,8-9,15H,4-5,7H2,1-3H3/b10-6+. The summed E-state index contributed by atoms with van der Waals surface area (Å²) in [4.78, 5) is 3.64. The molecule has 0 unspecified atom stereocenters. The number of nitrogens with zero attached hydrogens (tertiary/aromatic N) is 1. The quantitative estimate of drug-likeness (QED) is 0.873. The molecule has 16 heavy (non-hydrogen) atoms. The Labute approximate surface area is 101 Å². The van der Waals surface area contributed by atoms with Gasteiger partial charge in [-0.3, -0.25) is 0 Å². The zero-order valence-electron chi connectivity index (χ0n) is 10.2. The van der Waals surface area contributed by atoms with Crippen molar-refractivity contribution >= 4 is 16.9 Å². The van der Waals surface area contributed by atoms with Crippen molar-refractivity contribution in [1.29, 1.82) is 0 Å². The zero-order valence-corrected chi connectivity index (χ0v) is 11.0. The molecule has 1 aromatic rings. The van der Waals surface area contributed by atoms with E-state index in [1.165, 1.54) is 10.5 Å². The predicted octanol–water partition coefficient (Wildman–Crippen LogP) is 3.12. The highest BCUT2D eigenvalue weighted by molar-refractivity contribution is 7.10. The van der Waals surface area contributed by atoms with Crippen LogP contribution in [0.1, 0.15) is 30.7 Å². The Hall–Kier alpha value is -0.800. The first kappa shape index (κ1) is 11.7. The van der Waals surface area contributed by atoms with Gasteiger partial charge >= 0.3 is 0 Å². The van der Waals surface area contributed by atoms with Crippen LogP contribution in [0.3, 0.4) is 0 Å². The molecule has 0 amide bonds. The van der Waals surface area contributed by atoms with Gasteiger partial charge in [-0.15, -0.1) is 11.3 Å². The van der Waals surface area contributed by atoms with Crippen LogP contribution in [0.2, 0.25) is 0 Å². The third kappa shape index (κ3) is 2.15. The van der Waals surface area contributed by atoms with Gasteiger partial charge in [-0.1, -0.05) is 6.08 Å². The summed E-state index contributed by atoms with van der Waals surface area (Å²) < 4.78 is 0. The van der Waals surface area contributed by atoms with Crippen LogP contribution in [0.4, 0.5) is 0 Å². The third-order valence-corrected chi connectivity index (χ3v) is 4.33. The van der Waals surface area contributed by atoms with Crippen molar-refractivity contribution in [3.63, 3.8) is 0 Å². The summed E-state index contributed by atoms with van der Waals surface area (Å²) in [5.74, 6) is 0.468. The molecule has 0 fully saturated rings. The van der Waals surface area contributed by atoms with E-state index < -0.39 is 0 Å². The van der Waals surface area contributed by atoms with Crippen molar-refractivity contribution in [3.05, 3.63) is 21.9 Å². The highest BCUT2D eigenvalue weighted by Gasteiger charge is 2.21. The Morgan fingerprint density at radius 2 is 2.25 bits per heavy atom. The minimum absolute atomic E-state index is 0.468. The van der Waals surface area contributed by atoms with Crippen LogP contribution >= 0.6 is 11.3 Å². The van der Waals surface area contributed by atoms with E-state index in [2.05, 4.69) is 31.9 Å². The van der Waals surface area contributed by atoms with E-state index in [0.717, 1.165) is 24.9 Å². The number of allylic oxidation sites excluding steroid dienone is 1. The van der Waals surface area contributed by atoms with Gasteiger partial charge in [0.2, 0.25) is 0 Å². The number of likely N-dealkylation sites (N-methyl/N-ethyl adjacent to an activating group) is 1. The molecule has 1 N–H and O–H groups in total. The Kier molecular flexibility index (Phi) is 3.36. The Morgan fingerprint density at radius 3 is 2.94 bits per heavy atom. The van der Waals surface area contributed by atoms with Crippen LogP contribution in [-0.2, 0) is 6.42 Å². The number of aromatic hydroxyl groups is 1. The molecule has 88 valence electrons. The second-order valence-corrected chi connectivity index (χ2v) is 5.65. The van der Waals surface area contributed by atoms with Crippen LogP contribution < -0.4 is 0 Å². The molecule has 3 heteroatoms. The average Bonchev–Trinajstić information content (AvgIpc) is 2.79. The first-order chi connectivity index (χ1) is 7.59. The molecule has 1 aliphatic rings. The van der Waals surface area contributed by atoms with Gasteiger partial charge in [-0.05, 0) is 39.3 Å². The molecule has 0 saturated heterocycles. The number of aryl methyl sites for hydroxylation is 1. The van der Waals surface area contributed by atoms with E-state index in [9.17, 15) is 5.11 Å². The van der Waals surface area contributed by atoms with Gasteiger partial charge in [0.15, 0.2) is 0 Å². The van der Waals surface area contributed by atoms with Gasteiger partial charge in [0, 0.05) is 28.4 Å². The number of hydrogen-bond acceptors (Lipinski definition) is 3. The summed E-state index contributed by atoms with van der Waals surface area (Å²) in [5, 5.41) is 11.6. The van der Waals surface area contributed by atoms with Gasteiger partial charge in [0.25, 0.3) is 0 Å². The average molecular weight is 237 g/mol. The summed E-state index contributed by atoms with van der Waals surface area (Å²) in [6.45, 7) is 5.35. The summed E-state index contributed by atoms with van der Waals surface area (Å²) in [6, 6.07) is 0.564. The van der Waals surface area contributed by atoms with Gasteiger partial charge in [0.05, 0.1) is 0 Å². The zero-order chi connectivity index (χ0) is 11.7. The van der Waals surface area contributed by atoms with Crippen LogP contribution in [0.5, 0.6) is 5.75 Å². The second kappa shape index (κ2) is 4.60. The SMILES string of the molecule is CC(C)N(C)C/C=C1\CCc2scc(O)c21. The van der Waals surface area contributed by atoms with Gasteiger partial charge in [0.1, 0.15) is 5.75 Å². The second-order valence-electron chi connectivity index (χ2n) is 4.68. The van der Waals surface area contributed by atoms with Crippen LogP contribution in [0.25, 0.3) is 5.57 Å². The summed E-state index contributed by atoms with van der Waals surface area (Å²) >= 11 is 1.68. The summed E-state index contributed by atoms with van der Waals surface area (Å²) in [7, 11) is 2.13. The fraction of sp³-hybridized carbons (Fsp3) is 0.538. The van der Waals surface area contributed by atoms with Crippen LogP contribution in [-0.4, -0.2) is 29.6 Å². The molecule has 0 aliphatic heterocycles. The van der Waals surface area contributed by atoms with E-state index >= 15 is 0 Å². The van der Waals surface area contributed by atoms with Crippen molar-refractivity contribution in [1.82, 2.24) is 4.90 Å². The molecular formula is C13H19NOS. The van der Waals surface area contributed by atoms with Crippen molar-refractivity contribution in [2.75, 3.05) is 13.6 Å². The first-order valence-corrected chi connectivity index (χ1v) is 6.66. The topological polar surface area (TPSA) is 23.5 Å². The highest BCUT2D eigenvalue weighted by atomic mass is 32.1. The fourth-order valence-electron chi connectivity index (χ4n) is 1.96. The molecule has 0 bridgehead atoms. The number of rotatable bonds is 3. The normalized spacial score (nSPS) is 17.7. The molecule has 0 radical (unpaired) electrons. The minimum Gasteiger partial charge on any atom is -0.506 e. The van der Waals surface area contributed by atoms with Gasteiger partial charge in [-0.25, -0.2) is 0 Å². The number of fused-ring (bicyclic) bond motifs is 1. The van der Waals surface area contributed by atoms with Crippen molar-refractivity contribution < 1.29 is 5.11 Å². The maximum absolute atomic E-state index is 9.77. The molecule has 0 atom stereocenters. The Balaban J connectivity index is 2.12. The number of thiophene rings is 1. The monoisotopic (exact) mass is 237 g/mol. The van der Waals surface area contributed by atoms with E-state index in [0.29, 0.717) is 11.8 Å². The molecule has 2 rings (SSSR count). The van der Waals surface area contributed by atoms with E-state index in [4.69, 9.17) is 0 Å². The fourth-order valence-corrected chi connectivity index (χ4v) is 2.90. The van der Waals surface area contributed by atoms with Crippen molar-refractivity contribution in [2.24, 2.45) is 0 Å². The highest BCUT2D eigenvalue weighted by Crippen LogP contribution is 2.42. The lowest BCUT2D eigenvalue weighted by Gasteiger charge is -2.19. The Morgan fingerprint density at radius 1 is 1.50 bits per heavy atom. The Bertz CT molecular complexity index is 406. The molecular weight excluding hydrogens is 218 g/mol. The molecule has 0 spiro atoms. The molecule has 0 aromatic carbocycles. The summed E-state index contributed by atoms with van der Waals surface area (Å²) in [6.07, 6.45) is 4.44. The summed E-state index contributed by atoms with van der Waals surface area (Å²) in [5.41, 5.74) is 2.43. The molecule has 2 nitrogen and oxygen atoms in total. The van der Waals surface area contributed by atoms with Gasteiger partial charge < -0.3 is 10.0 Å². The van der Waals surface area contributed by atoms with E-state index in [-0.39, 0.29) is 0 Å². The van der Waals surface area contributed by atoms with Crippen molar-refractivity contribution in [2.45, 2.75) is 32.7 Å². The number of hydrogen-bond donors (Lipinski definition) is 1. The van der Waals surface area contributed by atoms with Crippen molar-refractivity contribution in [3.8, 4) is 5.75 Å². The largest absolute Gasteiger partial charge is 0.506 e. The minimum atomic E-state index is 0.468. The lowest BCUT2D eigenvalue weighted by atomic mass is 10.1. The molecule has 1 aromatic heterocycles.